The van der Waals surface area contributed by atoms with E-state index < -0.39 is 0 Å². The van der Waals surface area contributed by atoms with Crippen molar-refractivity contribution in [3.8, 4) is 17.0 Å². The lowest BCUT2D eigenvalue weighted by molar-refractivity contribution is 0.291. The number of anilines is 1. The molecule has 0 amide bonds. The van der Waals surface area contributed by atoms with Crippen LogP contribution in [0.1, 0.15) is 51.9 Å². The normalized spacial score (nSPS) is 11.7. The van der Waals surface area contributed by atoms with E-state index in [9.17, 15) is 0 Å². The third kappa shape index (κ3) is 4.94. The van der Waals surface area contributed by atoms with Gasteiger partial charge in [0.1, 0.15) is 18.2 Å². The lowest BCUT2D eigenvalue weighted by Crippen LogP contribution is -2.25. The Morgan fingerprint density at radius 1 is 1.07 bits per heavy atom. The summed E-state index contributed by atoms with van der Waals surface area (Å²) in [5.74, 6) is 2.27. The highest BCUT2D eigenvalue weighted by Gasteiger charge is 2.12. The molecule has 4 nitrogen and oxygen atoms in total. The van der Waals surface area contributed by atoms with Crippen molar-refractivity contribution in [3.05, 3.63) is 66.1 Å². The summed E-state index contributed by atoms with van der Waals surface area (Å²) >= 11 is 0. The summed E-state index contributed by atoms with van der Waals surface area (Å²) in [4.78, 5) is 4.57. The molecule has 0 saturated heterocycles. The van der Waals surface area contributed by atoms with Crippen LogP contribution in [-0.4, -0.2) is 15.1 Å². The molecule has 0 radical (unpaired) electrons. The van der Waals surface area contributed by atoms with E-state index in [0.717, 1.165) is 28.5 Å². The first kappa shape index (κ1) is 20.0. The molecular weight excluding hydrogens is 346 g/mol. The Hall–Kier alpha value is -2.75. The molecule has 0 atom stereocenters. The first-order valence-electron chi connectivity index (χ1n) is 9.85. The SMILES string of the molecule is CC(C)c1cccc(OCc2ncc(-c3ccc(NC(C)(C)C)cc3)n2C)c1. The minimum atomic E-state index is 0.0471. The predicted octanol–water partition coefficient (Wildman–Crippen LogP) is 6.00. The van der Waals surface area contributed by atoms with Crippen LogP contribution in [0.2, 0.25) is 0 Å². The molecule has 148 valence electrons. The lowest BCUT2D eigenvalue weighted by atomic mass is 10.0. The quantitative estimate of drug-likeness (QED) is 0.572. The Morgan fingerprint density at radius 2 is 1.79 bits per heavy atom. The summed E-state index contributed by atoms with van der Waals surface area (Å²) in [7, 11) is 2.03. The van der Waals surface area contributed by atoms with Crippen LogP contribution in [0, 0.1) is 0 Å². The Bertz CT molecular complexity index is 918. The lowest BCUT2D eigenvalue weighted by Gasteiger charge is -2.22. The van der Waals surface area contributed by atoms with Gasteiger partial charge in [-0.1, -0.05) is 38.1 Å². The number of hydrogen-bond acceptors (Lipinski definition) is 3. The van der Waals surface area contributed by atoms with E-state index in [1.54, 1.807) is 0 Å². The molecule has 0 aliphatic carbocycles. The second-order valence-electron chi connectivity index (χ2n) is 8.59. The highest BCUT2D eigenvalue weighted by atomic mass is 16.5. The van der Waals surface area contributed by atoms with Crippen molar-refractivity contribution in [1.82, 2.24) is 9.55 Å². The zero-order valence-corrected chi connectivity index (χ0v) is 17.8. The Morgan fingerprint density at radius 3 is 2.43 bits per heavy atom. The van der Waals surface area contributed by atoms with Crippen molar-refractivity contribution >= 4 is 5.69 Å². The molecule has 0 unspecified atom stereocenters. The first-order valence-corrected chi connectivity index (χ1v) is 9.85. The highest BCUT2D eigenvalue weighted by Crippen LogP contribution is 2.25. The molecule has 28 heavy (non-hydrogen) atoms. The van der Waals surface area contributed by atoms with Crippen molar-refractivity contribution in [1.29, 1.82) is 0 Å². The summed E-state index contributed by atoms with van der Waals surface area (Å²) in [5, 5.41) is 3.49. The predicted molar refractivity (Wildman–Crippen MR) is 117 cm³/mol. The number of hydrogen-bond donors (Lipinski definition) is 1. The van der Waals surface area contributed by atoms with Gasteiger partial charge in [-0.25, -0.2) is 4.98 Å². The fourth-order valence-corrected chi connectivity index (χ4v) is 3.12. The number of rotatable bonds is 6. The zero-order chi connectivity index (χ0) is 20.3. The molecule has 1 aromatic heterocycles. The van der Waals surface area contributed by atoms with Gasteiger partial charge in [0.15, 0.2) is 0 Å². The van der Waals surface area contributed by atoms with Crippen molar-refractivity contribution in [3.63, 3.8) is 0 Å². The molecule has 4 heteroatoms. The maximum absolute atomic E-state index is 5.99. The van der Waals surface area contributed by atoms with E-state index in [1.807, 2.05) is 25.4 Å². The second-order valence-corrected chi connectivity index (χ2v) is 8.59. The molecule has 1 N–H and O–H groups in total. The number of ether oxygens (including phenoxy) is 1. The minimum Gasteiger partial charge on any atom is -0.486 e. The van der Waals surface area contributed by atoms with E-state index >= 15 is 0 Å². The van der Waals surface area contributed by atoms with Crippen molar-refractivity contribution in [2.75, 3.05) is 5.32 Å². The molecule has 0 saturated carbocycles. The zero-order valence-electron chi connectivity index (χ0n) is 17.8. The Kier molecular flexibility index (Phi) is 5.78. The van der Waals surface area contributed by atoms with Gasteiger partial charge < -0.3 is 14.6 Å². The van der Waals surface area contributed by atoms with Crippen LogP contribution in [0.15, 0.2) is 54.7 Å². The summed E-state index contributed by atoms with van der Waals surface area (Å²) in [6, 6.07) is 16.8. The number of nitrogens with one attached hydrogen (secondary N) is 1. The maximum atomic E-state index is 5.99. The van der Waals surface area contributed by atoms with Gasteiger partial charge in [0.25, 0.3) is 0 Å². The van der Waals surface area contributed by atoms with Crippen molar-refractivity contribution in [2.24, 2.45) is 7.05 Å². The highest BCUT2D eigenvalue weighted by molar-refractivity contribution is 5.63. The van der Waals surface area contributed by atoms with E-state index in [0.29, 0.717) is 12.5 Å². The van der Waals surface area contributed by atoms with Crippen molar-refractivity contribution < 1.29 is 4.74 Å². The molecule has 0 aliphatic heterocycles. The largest absolute Gasteiger partial charge is 0.486 e. The molecule has 2 aromatic carbocycles. The van der Waals surface area contributed by atoms with Crippen molar-refractivity contribution in [2.45, 2.75) is 52.7 Å². The number of benzene rings is 2. The summed E-state index contributed by atoms with van der Waals surface area (Å²) in [6.07, 6.45) is 1.91. The number of imidazole rings is 1. The second kappa shape index (κ2) is 8.09. The van der Waals surface area contributed by atoms with Gasteiger partial charge in [-0.15, -0.1) is 0 Å². The Labute approximate surface area is 168 Å². The molecule has 3 rings (SSSR count). The molecule has 0 aliphatic rings. The third-order valence-electron chi connectivity index (χ3n) is 4.68. The first-order chi connectivity index (χ1) is 13.2. The van der Waals surface area contributed by atoms with E-state index in [1.165, 1.54) is 5.56 Å². The fourth-order valence-electron chi connectivity index (χ4n) is 3.12. The van der Waals surface area contributed by atoms with Crippen LogP contribution in [0.5, 0.6) is 5.75 Å². The summed E-state index contributed by atoms with van der Waals surface area (Å²) < 4.78 is 8.09. The van der Waals surface area contributed by atoms with Gasteiger partial charge in [-0.05, 0) is 62.1 Å². The molecule has 0 spiro atoms. The molecule has 0 fully saturated rings. The molecular formula is C24H31N3O. The number of nitrogens with zero attached hydrogens (tertiary/aromatic N) is 2. The van der Waals surface area contributed by atoms with Crippen LogP contribution < -0.4 is 10.1 Å². The van der Waals surface area contributed by atoms with Crippen LogP contribution in [0.4, 0.5) is 5.69 Å². The maximum Gasteiger partial charge on any atom is 0.146 e. The van der Waals surface area contributed by atoms with Crippen LogP contribution in [0.3, 0.4) is 0 Å². The molecule has 3 aromatic rings. The van der Waals surface area contributed by atoms with Gasteiger partial charge >= 0.3 is 0 Å². The third-order valence-corrected chi connectivity index (χ3v) is 4.68. The summed E-state index contributed by atoms with van der Waals surface area (Å²) in [6.45, 7) is 11.3. The van der Waals surface area contributed by atoms with E-state index in [2.05, 4.69) is 85.9 Å². The topological polar surface area (TPSA) is 39.1 Å². The average molecular weight is 378 g/mol. The van der Waals surface area contributed by atoms with Crippen LogP contribution in [0.25, 0.3) is 11.3 Å². The van der Waals surface area contributed by atoms with Gasteiger partial charge in [-0.3, -0.25) is 0 Å². The number of aromatic nitrogens is 2. The fraction of sp³-hybridized carbons (Fsp3) is 0.375. The monoisotopic (exact) mass is 377 g/mol. The standard InChI is InChI=1S/C24H31N3O/c1-17(2)19-8-7-9-21(14-19)28-16-23-25-15-22(27(23)6)18-10-12-20(13-11-18)26-24(3,4)5/h7-15,17,26H,16H2,1-6H3. The summed E-state index contributed by atoms with van der Waals surface area (Å²) in [5.41, 5.74) is 4.67. The van der Waals surface area contributed by atoms with E-state index in [-0.39, 0.29) is 5.54 Å². The van der Waals surface area contributed by atoms with E-state index in [4.69, 9.17) is 4.74 Å². The smallest absolute Gasteiger partial charge is 0.146 e. The average Bonchev–Trinajstić information content (AvgIpc) is 3.00. The van der Waals surface area contributed by atoms with Crippen LogP contribution >= 0.6 is 0 Å². The van der Waals surface area contributed by atoms with Gasteiger partial charge in [0, 0.05) is 18.3 Å². The molecule has 1 heterocycles. The van der Waals surface area contributed by atoms with Crippen LogP contribution in [-0.2, 0) is 13.7 Å². The van der Waals surface area contributed by atoms with Gasteiger partial charge in [0.2, 0.25) is 0 Å². The Balaban J connectivity index is 1.71. The molecule has 0 bridgehead atoms. The van der Waals surface area contributed by atoms with Gasteiger partial charge in [0.05, 0.1) is 11.9 Å². The minimum absolute atomic E-state index is 0.0471. The van der Waals surface area contributed by atoms with Gasteiger partial charge in [-0.2, -0.15) is 0 Å².